The van der Waals surface area contributed by atoms with Crippen molar-refractivity contribution in [3.05, 3.63) is 23.8 Å². The van der Waals surface area contributed by atoms with E-state index in [1.54, 1.807) is 0 Å². The Balaban J connectivity index is 1.95. The SMILES string of the molecule is CCC(CC)CNc1ccc2c(c1)CCO2. The van der Waals surface area contributed by atoms with E-state index in [0.717, 1.165) is 31.2 Å². The Morgan fingerprint density at radius 2 is 2.12 bits per heavy atom. The molecule has 0 fully saturated rings. The molecule has 0 bridgehead atoms. The van der Waals surface area contributed by atoms with Gasteiger partial charge in [-0.1, -0.05) is 26.7 Å². The monoisotopic (exact) mass is 219 g/mol. The first kappa shape index (κ1) is 11.3. The van der Waals surface area contributed by atoms with Crippen LogP contribution in [0.2, 0.25) is 0 Å². The summed E-state index contributed by atoms with van der Waals surface area (Å²) in [5, 5.41) is 3.52. The van der Waals surface area contributed by atoms with Gasteiger partial charge in [-0.2, -0.15) is 0 Å². The third kappa shape index (κ3) is 2.49. The minimum absolute atomic E-state index is 0.782. The zero-order valence-corrected chi connectivity index (χ0v) is 10.3. The van der Waals surface area contributed by atoms with Gasteiger partial charge in [-0.3, -0.25) is 0 Å². The van der Waals surface area contributed by atoms with E-state index < -0.39 is 0 Å². The summed E-state index contributed by atoms with van der Waals surface area (Å²) >= 11 is 0. The third-order valence-electron chi connectivity index (χ3n) is 3.44. The van der Waals surface area contributed by atoms with Crippen molar-refractivity contribution in [2.24, 2.45) is 5.92 Å². The fourth-order valence-electron chi connectivity index (χ4n) is 2.14. The Morgan fingerprint density at radius 1 is 1.31 bits per heavy atom. The standard InChI is InChI=1S/C14H21NO/c1-3-11(4-2)10-15-13-5-6-14-12(9-13)7-8-16-14/h5-6,9,11,15H,3-4,7-8,10H2,1-2H3. The Kier molecular flexibility index (Phi) is 3.70. The Morgan fingerprint density at radius 3 is 2.88 bits per heavy atom. The van der Waals surface area contributed by atoms with Crippen molar-refractivity contribution in [2.75, 3.05) is 18.5 Å². The number of benzene rings is 1. The van der Waals surface area contributed by atoms with Gasteiger partial charge in [0.05, 0.1) is 6.61 Å². The van der Waals surface area contributed by atoms with E-state index in [1.165, 1.54) is 24.1 Å². The van der Waals surface area contributed by atoms with Crippen LogP contribution in [0.15, 0.2) is 18.2 Å². The lowest BCUT2D eigenvalue weighted by molar-refractivity contribution is 0.357. The van der Waals surface area contributed by atoms with E-state index >= 15 is 0 Å². The van der Waals surface area contributed by atoms with Gasteiger partial charge in [0.2, 0.25) is 0 Å². The molecule has 0 saturated heterocycles. The van der Waals surface area contributed by atoms with Crippen LogP contribution in [0.3, 0.4) is 0 Å². The first-order chi connectivity index (χ1) is 7.83. The van der Waals surface area contributed by atoms with Crippen LogP contribution in [0.25, 0.3) is 0 Å². The maximum atomic E-state index is 5.49. The van der Waals surface area contributed by atoms with Crippen molar-refractivity contribution >= 4 is 5.69 Å². The summed E-state index contributed by atoms with van der Waals surface area (Å²) in [6.07, 6.45) is 3.55. The topological polar surface area (TPSA) is 21.3 Å². The van der Waals surface area contributed by atoms with Crippen LogP contribution in [-0.2, 0) is 6.42 Å². The van der Waals surface area contributed by atoms with Crippen molar-refractivity contribution in [1.82, 2.24) is 0 Å². The average molecular weight is 219 g/mol. The summed E-state index contributed by atoms with van der Waals surface area (Å²) in [4.78, 5) is 0. The molecular formula is C14H21NO. The summed E-state index contributed by atoms with van der Waals surface area (Å²) < 4.78 is 5.49. The molecule has 1 N–H and O–H groups in total. The molecule has 2 nitrogen and oxygen atoms in total. The van der Waals surface area contributed by atoms with E-state index in [1.807, 2.05) is 0 Å². The molecule has 0 amide bonds. The molecule has 0 aromatic heterocycles. The molecule has 1 aromatic rings. The second kappa shape index (κ2) is 5.24. The molecule has 1 heterocycles. The minimum Gasteiger partial charge on any atom is -0.493 e. The molecule has 1 aliphatic rings. The first-order valence-corrected chi connectivity index (χ1v) is 6.33. The molecule has 1 aromatic carbocycles. The van der Waals surface area contributed by atoms with Crippen LogP contribution in [0.4, 0.5) is 5.69 Å². The Bertz CT molecular complexity index is 345. The number of ether oxygens (including phenoxy) is 1. The maximum absolute atomic E-state index is 5.49. The number of nitrogens with one attached hydrogen (secondary N) is 1. The van der Waals surface area contributed by atoms with Crippen molar-refractivity contribution < 1.29 is 4.74 Å². The van der Waals surface area contributed by atoms with Crippen LogP contribution in [0.1, 0.15) is 32.3 Å². The smallest absolute Gasteiger partial charge is 0.122 e. The lowest BCUT2D eigenvalue weighted by atomic mass is 10.0. The molecule has 0 unspecified atom stereocenters. The molecule has 2 rings (SSSR count). The summed E-state index contributed by atoms with van der Waals surface area (Å²) in [6.45, 7) is 6.43. The Labute approximate surface area is 98.0 Å². The second-order valence-corrected chi connectivity index (χ2v) is 4.48. The summed E-state index contributed by atoms with van der Waals surface area (Å²) in [5.41, 5.74) is 2.57. The highest BCUT2D eigenvalue weighted by Crippen LogP contribution is 2.28. The highest BCUT2D eigenvalue weighted by molar-refractivity contribution is 5.52. The molecule has 0 saturated carbocycles. The van der Waals surface area contributed by atoms with Gasteiger partial charge in [-0.15, -0.1) is 0 Å². The first-order valence-electron chi connectivity index (χ1n) is 6.33. The van der Waals surface area contributed by atoms with Crippen LogP contribution in [0.5, 0.6) is 5.75 Å². The number of hydrogen-bond acceptors (Lipinski definition) is 2. The lowest BCUT2D eigenvalue weighted by Gasteiger charge is -2.14. The predicted molar refractivity (Wildman–Crippen MR) is 68.2 cm³/mol. The zero-order chi connectivity index (χ0) is 11.4. The van der Waals surface area contributed by atoms with E-state index in [-0.39, 0.29) is 0 Å². The van der Waals surface area contributed by atoms with Gasteiger partial charge in [-0.25, -0.2) is 0 Å². The molecule has 1 aliphatic heterocycles. The quantitative estimate of drug-likeness (QED) is 0.818. The van der Waals surface area contributed by atoms with Crippen molar-refractivity contribution in [3.63, 3.8) is 0 Å². The normalized spacial score (nSPS) is 13.7. The molecule has 0 spiro atoms. The molecule has 88 valence electrons. The highest BCUT2D eigenvalue weighted by Gasteiger charge is 2.12. The molecule has 0 atom stereocenters. The van der Waals surface area contributed by atoms with Crippen molar-refractivity contribution in [1.29, 1.82) is 0 Å². The minimum atomic E-state index is 0.782. The van der Waals surface area contributed by atoms with Gasteiger partial charge in [-0.05, 0) is 29.7 Å². The summed E-state index contributed by atoms with van der Waals surface area (Å²) in [5.74, 6) is 1.84. The predicted octanol–water partition coefficient (Wildman–Crippen LogP) is 3.47. The summed E-state index contributed by atoms with van der Waals surface area (Å²) in [6, 6.07) is 6.43. The molecule has 16 heavy (non-hydrogen) atoms. The fraction of sp³-hybridized carbons (Fsp3) is 0.571. The maximum Gasteiger partial charge on any atom is 0.122 e. The van der Waals surface area contributed by atoms with Crippen molar-refractivity contribution in [2.45, 2.75) is 33.1 Å². The largest absolute Gasteiger partial charge is 0.493 e. The number of rotatable bonds is 5. The van der Waals surface area contributed by atoms with Gasteiger partial charge < -0.3 is 10.1 Å². The van der Waals surface area contributed by atoms with Gasteiger partial charge in [0, 0.05) is 18.7 Å². The van der Waals surface area contributed by atoms with Gasteiger partial charge in [0.25, 0.3) is 0 Å². The van der Waals surface area contributed by atoms with E-state index in [0.29, 0.717) is 0 Å². The third-order valence-corrected chi connectivity index (χ3v) is 3.44. The molecular weight excluding hydrogens is 198 g/mol. The van der Waals surface area contributed by atoms with E-state index in [9.17, 15) is 0 Å². The zero-order valence-electron chi connectivity index (χ0n) is 10.3. The van der Waals surface area contributed by atoms with Crippen LogP contribution >= 0.6 is 0 Å². The van der Waals surface area contributed by atoms with Crippen molar-refractivity contribution in [3.8, 4) is 5.75 Å². The van der Waals surface area contributed by atoms with Gasteiger partial charge in [0.15, 0.2) is 0 Å². The number of hydrogen-bond donors (Lipinski definition) is 1. The molecule has 0 aliphatic carbocycles. The van der Waals surface area contributed by atoms with Gasteiger partial charge in [0.1, 0.15) is 5.75 Å². The lowest BCUT2D eigenvalue weighted by Crippen LogP contribution is -2.12. The number of fused-ring (bicyclic) bond motifs is 1. The number of anilines is 1. The second-order valence-electron chi connectivity index (χ2n) is 4.48. The van der Waals surface area contributed by atoms with Gasteiger partial charge >= 0.3 is 0 Å². The van der Waals surface area contributed by atoms with Crippen LogP contribution in [0, 0.1) is 5.92 Å². The van der Waals surface area contributed by atoms with E-state index in [2.05, 4.69) is 37.4 Å². The molecule has 0 radical (unpaired) electrons. The fourth-order valence-corrected chi connectivity index (χ4v) is 2.14. The summed E-state index contributed by atoms with van der Waals surface area (Å²) in [7, 11) is 0. The molecule has 2 heteroatoms. The van der Waals surface area contributed by atoms with E-state index in [4.69, 9.17) is 4.74 Å². The Hall–Kier alpha value is -1.18. The van der Waals surface area contributed by atoms with Crippen LogP contribution < -0.4 is 10.1 Å². The van der Waals surface area contributed by atoms with Crippen LogP contribution in [-0.4, -0.2) is 13.2 Å². The average Bonchev–Trinajstić information content (AvgIpc) is 2.77. The highest BCUT2D eigenvalue weighted by atomic mass is 16.5.